The molecule has 1 aliphatic carbocycles. The molecule has 0 saturated heterocycles. The summed E-state index contributed by atoms with van der Waals surface area (Å²) in [6, 6.07) is 9.01. The van der Waals surface area contributed by atoms with Gasteiger partial charge in [0.15, 0.2) is 0 Å². The van der Waals surface area contributed by atoms with Crippen molar-refractivity contribution in [2.45, 2.75) is 31.7 Å². The standard InChI is InChI=1S/C14H15BrN2/c15-12-5-3-4-11(10-12)14-16-8-9-17(14)13-6-1-2-7-13/h3-5,8-10,13H,1-2,6-7H2. The minimum atomic E-state index is 0.645. The highest BCUT2D eigenvalue weighted by molar-refractivity contribution is 9.10. The van der Waals surface area contributed by atoms with Crippen molar-refractivity contribution in [3.05, 3.63) is 41.1 Å². The van der Waals surface area contributed by atoms with E-state index in [1.54, 1.807) is 0 Å². The van der Waals surface area contributed by atoms with Crippen molar-refractivity contribution in [2.24, 2.45) is 0 Å². The zero-order valence-electron chi connectivity index (χ0n) is 9.64. The minimum Gasteiger partial charge on any atom is -0.328 e. The van der Waals surface area contributed by atoms with E-state index in [1.807, 2.05) is 12.3 Å². The normalized spacial score (nSPS) is 16.5. The number of hydrogen-bond acceptors (Lipinski definition) is 1. The van der Waals surface area contributed by atoms with Crippen molar-refractivity contribution < 1.29 is 0 Å². The van der Waals surface area contributed by atoms with E-state index in [2.05, 4.69) is 49.9 Å². The van der Waals surface area contributed by atoms with Gasteiger partial charge in [-0.15, -0.1) is 0 Å². The largest absolute Gasteiger partial charge is 0.328 e. The lowest BCUT2D eigenvalue weighted by Gasteiger charge is -2.14. The molecular weight excluding hydrogens is 276 g/mol. The Bertz CT molecular complexity index is 512. The van der Waals surface area contributed by atoms with E-state index >= 15 is 0 Å². The first kappa shape index (κ1) is 11.0. The molecule has 0 amide bonds. The maximum atomic E-state index is 4.51. The van der Waals surface area contributed by atoms with E-state index in [1.165, 1.54) is 31.2 Å². The third kappa shape index (κ3) is 2.16. The molecule has 0 N–H and O–H groups in total. The maximum absolute atomic E-state index is 4.51. The highest BCUT2D eigenvalue weighted by Gasteiger charge is 2.19. The van der Waals surface area contributed by atoms with Crippen molar-refractivity contribution in [3.63, 3.8) is 0 Å². The Morgan fingerprint density at radius 3 is 2.82 bits per heavy atom. The van der Waals surface area contributed by atoms with Gasteiger partial charge in [-0.05, 0) is 25.0 Å². The van der Waals surface area contributed by atoms with Crippen LogP contribution in [-0.4, -0.2) is 9.55 Å². The molecule has 0 bridgehead atoms. The fourth-order valence-corrected chi connectivity index (χ4v) is 3.04. The average Bonchev–Trinajstić information content (AvgIpc) is 3.00. The number of hydrogen-bond donors (Lipinski definition) is 0. The number of imidazole rings is 1. The average molecular weight is 291 g/mol. The van der Waals surface area contributed by atoms with Gasteiger partial charge in [0.25, 0.3) is 0 Å². The van der Waals surface area contributed by atoms with Crippen LogP contribution in [-0.2, 0) is 0 Å². The Hall–Kier alpha value is -1.09. The molecule has 0 spiro atoms. The fourth-order valence-electron chi connectivity index (χ4n) is 2.64. The van der Waals surface area contributed by atoms with Crippen LogP contribution in [0.4, 0.5) is 0 Å². The predicted molar refractivity (Wildman–Crippen MR) is 72.9 cm³/mol. The van der Waals surface area contributed by atoms with Crippen LogP contribution >= 0.6 is 15.9 Å². The smallest absolute Gasteiger partial charge is 0.140 e. The number of rotatable bonds is 2. The van der Waals surface area contributed by atoms with Crippen LogP contribution in [0, 0.1) is 0 Å². The molecule has 1 fully saturated rings. The van der Waals surface area contributed by atoms with Gasteiger partial charge in [0.05, 0.1) is 0 Å². The third-order valence-corrected chi connectivity index (χ3v) is 3.96. The van der Waals surface area contributed by atoms with Crippen LogP contribution in [0.25, 0.3) is 11.4 Å². The first-order valence-corrected chi connectivity index (χ1v) is 6.92. The van der Waals surface area contributed by atoms with Crippen LogP contribution in [0.5, 0.6) is 0 Å². The highest BCUT2D eigenvalue weighted by atomic mass is 79.9. The molecule has 17 heavy (non-hydrogen) atoms. The van der Waals surface area contributed by atoms with Gasteiger partial charge in [-0.3, -0.25) is 0 Å². The number of benzene rings is 1. The van der Waals surface area contributed by atoms with Crippen LogP contribution in [0.3, 0.4) is 0 Å². The highest BCUT2D eigenvalue weighted by Crippen LogP contribution is 2.33. The van der Waals surface area contributed by atoms with Crippen molar-refractivity contribution in [1.29, 1.82) is 0 Å². The van der Waals surface area contributed by atoms with Gasteiger partial charge >= 0.3 is 0 Å². The zero-order valence-corrected chi connectivity index (χ0v) is 11.2. The lowest BCUT2D eigenvalue weighted by atomic mass is 10.2. The van der Waals surface area contributed by atoms with Crippen molar-refractivity contribution in [3.8, 4) is 11.4 Å². The molecule has 1 aliphatic rings. The molecule has 2 nitrogen and oxygen atoms in total. The minimum absolute atomic E-state index is 0.645. The molecule has 0 radical (unpaired) electrons. The summed E-state index contributed by atoms with van der Waals surface area (Å²) in [6.07, 6.45) is 9.30. The zero-order chi connectivity index (χ0) is 11.7. The Balaban J connectivity index is 2.00. The SMILES string of the molecule is Brc1cccc(-c2nccn2C2CCCC2)c1. The van der Waals surface area contributed by atoms with Gasteiger partial charge in [0, 0.05) is 28.5 Å². The van der Waals surface area contributed by atoms with Crippen molar-refractivity contribution in [1.82, 2.24) is 9.55 Å². The van der Waals surface area contributed by atoms with Gasteiger partial charge in [-0.2, -0.15) is 0 Å². The molecule has 3 rings (SSSR count). The Morgan fingerprint density at radius 2 is 2.06 bits per heavy atom. The Labute approximate surface area is 110 Å². The van der Waals surface area contributed by atoms with Crippen LogP contribution in [0.1, 0.15) is 31.7 Å². The molecule has 0 aliphatic heterocycles. The summed E-state index contributed by atoms with van der Waals surface area (Å²) in [7, 11) is 0. The molecule has 1 aromatic carbocycles. The molecule has 1 aromatic heterocycles. The van der Waals surface area contributed by atoms with Gasteiger partial charge in [0.2, 0.25) is 0 Å². The third-order valence-electron chi connectivity index (χ3n) is 3.47. The summed E-state index contributed by atoms with van der Waals surface area (Å²) in [5.41, 5.74) is 1.19. The van der Waals surface area contributed by atoms with E-state index < -0.39 is 0 Å². The number of halogens is 1. The lowest BCUT2D eigenvalue weighted by Crippen LogP contribution is -2.05. The van der Waals surface area contributed by atoms with Crippen molar-refractivity contribution in [2.75, 3.05) is 0 Å². The van der Waals surface area contributed by atoms with Crippen LogP contribution in [0.15, 0.2) is 41.1 Å². The second-order valence-electron chi connectivity index (χ2n) is 4.61. The molecule has 1 heterocycles. The van der Waals surface area contributed by atoms with Gasteiger partial charge in [0.1, 0.15) is 5.82 Å². The molecule has 2 aromatic rings. The molecule has 3 heteroatoms. The van der Waals surface area contributed by atoms with E-state index in [-0.39, 0.29) is 0 Å². The van der Waals surface area contributed by atoms with Crippen molar-refractivity contribution >= 4 is 15.9 Å². The summed E-state index contributed by atoms with van der Waals surface area (Å²) < 4.78 is 3.45. The number of aromatic nitrogens is 2. The lowest BCUT2D eigenvalue weighted by molar-refractivity contribution is 0.523. The Kier molecular flexibility index (Phi) is 3.02. The van der Waals surface area contributed by atoms with Crippen LogP contribution in [0.2, 0.25) is 0 Å². The summed E-state index contributed by atoms with van der Waals surface area (Å²) in [4.78, 5) is 4.51. The van der Waals surface area contributed by atoms with Gasteiger partial charge in [-0.25, -0.2) is 4.98 Å². The van der Waals surface area contributed by atoms with Crippen LogP contribution < -0.4 is 0 Å². The first-order valence-electron chi connectivity index (χ1n) is 6.13. The summed E-state index contributed by atoms with van der Waals surface area (Å²) in [6.45, 7) is 0. The fraction of sp³-hybridized carbons (Fsp3) is 0.357. The summed E-state index contributed by atoms with van der Waals surface area (Å²) >= 11 is 3.52. The van der Waals surface area contributed by atoms with E-state index in [0.717, 1.165) is 10.3 Å². The number of nitrogens with zero attached hydrogens (tertiary/aromatic N) is 2. The van der Waals surface area contributed by atoms with Gasteiger partial charge in [-0.1, -0.05) is 40.9 Å². The Morgan fingerprint density at radius 1 is 1.24 bits per heavy atom. The second kappa shape index (κ2) is 4.65. The predicted octanol–water partition coefficient (Wildman–Crippen LogP) is 4.43. The molecular formula is C14H15BrN2. The summed E-state index contributed by atoms with van der Waals surface area (Å²) in [5.74, 6) is 1.10. The topological polar surface area (TPSA) is 17.8 Å². The van der Waals surface area contributed by atoms with E-state index in [0.29, 0.717) is 6.04 Å². The first-order chi connectivity index (χ1) is 8.34. The molecule has 0 unspecified atom stereocenters. The van der Waals surface area contributed by atoms with E-state index in [9.17, 15) is 0 Å². The second-order valence-corrected chi connectivity index (χ2v) is 5.52. The maximum Gasteiger partial charge on any atom is 0.140 e. The van der Waals surface area contributed by atoms with E-state index in [4.69, 9.17) is 0 Å². The summed E-state index contributed by atoms with van der Waals surface area (Å²) in [5, 5.41) is 0. The molecule has 88 valence electrons. The molecule has 1 saturated carbocycles. The van der Waals surface area contributed by atoms with Gasteiger partial charge < -0.3 is 4.57 Å². The quantitative estimate of drug-likeness (QED) is 0.800. The monoisotopic (exact) mass is 290 g/mol. The molecule has 0 atom stereocenters.